The standard InChI is InChI=1S/C2H8N2.C2H6O.H2O4S/c3-1-2-4;1-2-3;1-5(2,3)4/h1-4H2;3H,2H2,1H3;(H2,1,2,3,4). The normalized spacial score (nSPS) is 8.83. The summed E-state index contributed by atoms with van der Waals surface area (Å²) in [5, 5.41) is 7.57. The first-order chi connectivity index (χ1) is 5.33. The maximum Gasteiger partial charge on any atom is 0.394 e. The second-order valence-electron chi connectivity index (χ2n) is 1.34. The van der Waals surface area contributed by atoms with Crippen molar-refractivity contribution >= 4 is 10.4 Å². The molecule has 0 aliphatic carbocycles. The number of hydrogen-bond acceptors (Lipinski definition) is 5. The van der Waals surface area contributed by atoms with Gasteiger partial charge in [0.15, 0.2) is 0 Å². The van der Waals surface area contributed by atoms with Gasteiger partial charge in [0, 0.05) is 19.7 Å². The van der Waals surface area contributed by atoms with Crippen molar-refractivity contribution in [3.05, 3.63) is 0 Å². The van der Waals surface area contributed by atoms with Gasteiger partial charge in [-0.15, -0.1) is 0 Å². The summed E-state index contributed by atoms with van der Waals surface area (Å²) >= 11 is 0. The summed E-state index contributed by atoms with van der Waals surface area (Å²) in [5.41, 5.74) is 9.81. The lowest BCUT2D eigenvalue weighted by atomic mass is 10.7. The van der Waals surface area contributed by atoms with Gasteiger partial charge < -0.3 is 16.6 Å². The Labute approximate surface area is 72.0 Å². The molecule has 0 atom stereocenters. The van der Waals surface area contributed by atoms with Gasteiger partial charge in [-0.05, 0) is 6.92 Å². The lowest BCUT2D eigenvalue weighted by molar-refractivity contribution is 0.318. The van der Waals surface area contributed by atoms with Crippen LogP contribution in [0, 0.1) is 0 Å². The molecule has 0 saturated heterocycles. The number of aliphatic hydroxyl groups excluding tert-OH is 1. The number of aliphatic hydroxyl groups is 1. The lowest BCUT2D eigenvalue weighted by Crippen LogP contribution is -2.11. The Morgan fingerprint density at radius 2 is 1.25 bits per heavy atom. The molecular weight excluding hydrogens is 188 g/mol. The monoisotopic (exact) mass is 204 g/mol. The van der Waals surface area contributed by atoms with E-state index in [4.69, 9.17) is 34.1 Å². The zero-order chi connectivity index (χ0) is 10.6. The maximum atomic E-state index is 8.74. The highest BCUT2D eigenvalue weighted by atomic mass is 32.3. The summed E-state index contributed by atoms with van der Waals surface area (Å²) < 4.78 is 31.6. The predicted octanol–water partition coefficient (Wildman–Crippen LogP) is -1.75. The Bertz CT molecular complexity index is 136. The van der Waals surface area contributed by atoms with Gasteiger partial charge >= 0.3 is 10.4 Å². The minimum absolute atomic E-state index is 0.250. The van der Waals surface area contributed by atoms with Crippen molar-refractivity contribution in [2.45, 2.75) is 6.92 Å². The molecule has 7 nitrogen and oxygen atoms in total. The molecule has 0 spiro atoms. The highest BCUT2D eigenvalue weighted by Crippen LogP contribution is 1.59. The quantitative estimate of drug-likeness (QED) is 0.318. The van der Waals surface area contributed by atoms with Crippen LogP contribution in [-0.2, 0) is 10.4 Å². The average Bonchev–Trinajstić information content (AvgIpc) is 1.85. The van der Waals surface area contributed by atoms with Gasteiger partial charge in [-0.25, -0.2) is 0 Å². The fraction of sp³-hybridized carbons (Fsp3) is 1.00. The van der Waals surface area contributed by atoms with Gasteiger partial charge in [0.1, 0.15) is 0 Å². The van der Waals surface area contributed by atoms with E-state index >= 15 is 0 Å². The summed E-state index contributed by atoms with van der Waals surface area (Å²) in [6.45, 7) is 3.12. The molecule has 78 valence electrons. The van der Waals surface area contributed by atoms with Crippen LogP contribution >= 0.6 is 0 Å². The first-order valence-corrected chi connectivity index (χ1v) is 4.44. The Kier molecular flexibility index (Phi) is 19.7. The lowest BCUT2D eigenvalue weighted by Gasteiger charge is -1.72. The Morgan fingerprint density at radius 1 is 1.17 bits per heavy atom. The summed E-state index contributed by atoms with van der Waals surface area (Å²) in [7, 11) is -4.67. The van der Waals surface area contributed by atoms with Crippen molar-refractivity contribution in [2.24, 2.45) is 11.5 Å². The molecule has 0 fully saturated rings. The van der Waals surface area contributed by atoms with Gasteiger partial charge in [-0.3, -0.25) is 9.11 Å². The van der Waals surface area contributed by atoms with Crippen molar-refractivity contribution in [3.63, 3.8) is 0 Å². The molecule has 0 amide bonds. The average molecular weight is 204 g/mol. The molecule has 0 saturated carbocycles. The molecule has 0 radical (unpaired) electrons. The third-order valence-electron chi connectivity index (χ3n) is 0.167. The minimum atomic E-state index is -4.67. The summed E-state index contributed by atoms with van der Waals surface area (Å²) in [4.78, 5) is 0. The molecule has 0 aliphatic rings. The van der Waals surface area contributed by atoms with Crippen LogP contribution < -0.4 is 11.5 Å². The molecular formula is C4H16N2O5S. The van der Waals surface area contributed by atoms with E-state index in [1.54, 1.807) is 6.92 Å². The molecule has 0 unspecified atom stereocenters. The van der Waals surface area contributed by atoms with E-state index in [-0.39, 0.29) is 6.61 Å². The number of nitrogens with two attached hydrogens (primary N) is 2. The van der Waals surface area contributed by atoms with Crippen LogP contribution in [0.5, 0.6) is 0 Å². The zero-order valence-electron chi connectivity index (χ0n) is 6.84. The second-order valence-corrected chi connectivity index (χ2v) is 2.24. The van der Waals surface area contributed by atoms with Crippen LogP contribution in [0.4, 0.5) is 0 Å². The van der Waals surface area contributed by atoms with Gasteiger partial charge in [-0.2, -0.15) is 8.42 Å². The Hall–Kier alpha value is -0.250. The minimum Gasteiger partial charge on any atom is -0.397 e. The summed E-state index contributed by atoms with van der Waals surface area (Å²) in [6.07, 6.45) is 0. The van der Waals surface area contributed by atoms with Crippen LogP contribution in [0.3, 0.4) is 0 Å². The van der Waals surface area contributed by atoms with E-state index in [2.05, 4.69) is 0 Å². The van der Waals surface area contributed by atoms with E-state index in [0.29, 0.717) is 13.1 Å². The van der Waals surface area contributed by atoms with Crippen molar-refractivity contribution in [1.82, 2.24) is 0 Å². The smallest absolute Gasteiger partial charge is 0.394 e. The molecule has 8 heteroatoms. The van der Waals surface area contributed by atoms with Crippen LogP contribution in [0.2, 0.25) is 0 Å². The second kappa shape index (κ2) is 13.3. The number of hydrogen-bond donors (Lipinski definition) is 5. The first kappa shape index (κ1) is 17.7. The van der Waals surface area contributed by atoms with Crippen molar-refractivity contribution < 1.29 is 22.6 Å². The SMILES string of the molecule is CCO.NCCN.O=S(=O)(O)O. The van der Waals surface area contributed by atoms with E-state index in [1.165, 1.54) is 0 Å². The van der Waals surface area contributed by atoms with Crippen molar-refractivity contribution in [3.8, 4) is 0 Å². The molecule has 0 aromatic rings. The van der Waals surface area contributed by atoms with Crippen molar-refractivity contribution in [2.75, 3.05) is 19.7 Å². The van der Waals surface area contributed by atoms with Crippen LogP contribution in [0.1, 0.15) is 6.92 Å². The van der Waals surface area contributed by atoms with Crippen molar-refractivity contribution in [1.29, 1.82) is 0 Å². The molecule has 0 bridgehead atoms. The number of rotatable bonds is 1. The van der Waals surface area contributed by atoms with Crippen LogP contribution in [0.25, 0.3) is 0 Å². The van der Waals surface area contributed by atoms with Gasteiger partial charge in [0.2, 0.25) is 0 Å². The predicted molar refractivity (Wildman–Crippen MR) is 45.0 cm³/mol. The maximum absolute atomic E-state index is 8.74. The molecule has 0 heterocycles. The van der Waals surface area contributed by atoms with E-state index in [1.807, 2.05) is 0 Å². The zero-order valence-corrected chi connectivity index (χ0v) is 7.66. The highest BCUT2D eigenvalue weighted by Gasteiger charge is 1.84. The van der Waals surface area contributed by atoms with E-state index < -0.39 is 10.4 Å². The molecule has 0 aromatic heterocycles. The molecule has 12 heavy (non-hydrogen) atoms. The van der Waals surface area contributed by atoms with Gasteiger partial charge in [-0.1, -0.05) is 0 Å². The fourth-order valence-electron chi connectivity index (χ4n) is 0. The summed E-state index contributed by atoms with van der Waals surface area (Å²) in [6, 6.07) is 0. The van der Waals surface area contributed by atoms with Gasteiger partial charge in [0.25, 0.3) is 0 Å². The Balaban J connectivity index is -0.000000105. The molecule has 0 aromatic carbocycles. The highest BCUT2D eigenvalue weighted by molar-refractivity contribution is 7.79. The topological polar surface area (TPSA) is 147 Å². The Morgan fingerprint density at radius 3 is 1.25 bits per heavy atom. The molecule has 0 aliphatic heterocycles. The summed E-state index contributed by atoms with van der Waals surface area (Å²) in [5.74, 6) is 0. The van der Waals surface area contributed by atoms with Crippen LogP contribution in [-0.4, -0.2) is 42.3 Å². The first-order valence-electron chi connectivity index (χ1n) is 3.04. The molecule has 0 rings (SSSR count). The fourth-order valence-corrected chi connectivity index (χ4v) is 0. The third kappa shape index (κ3) is 1330. The third-order valence-corrected chi connectivity index (χ3v) is 0.167. The van der Waals surface area contributed by atoms with E-state index in [9.17, 15) is 0 Å². The largest absolute Gasteiger partial charge is 0.397 e. The van der Waals surface area contributed by atoms with Gasteiger partial charge in [0.05, 0.1) is 0 Å². The molecule has 7 N–H and O–H groups in total. The van der Waals surface area contributed by atoms with E-state index in [0.717, 1.165) is 0 Å². The van der Waals surface area contributed by atoms with Crippen LogP contribution in [0.15, 0.2) is 0 Å².